The van der Waals surface area contributed by atoms with Gasteiger partial charge in [0.15, 0.2) is 17.3 Å². The van der Waals surface area contributed by atoms with Gasteiger partial charge in [0.2, 0.25) is 5.91 Å². The van der Waals surface area contributed by atoms with Gasteiger partial charge in [-0.1, -0.05) is 64.9 Å². The number of fused-ring (bicyclic) bond motifs is 8. The third-order valence-corrected chi connectivity index (χ3v) is 18.3. The number of nitrogens with zero attached hydrogens (tertiary/aromatic N) is 3. The van der Waals surface area contributed by atoms with Crippen LogP contribution < -0.4 is 29.3 Å². The average Bonchev–Trinajstić information content (AvgIpc) is 3.86. The molecule has 71 heavy (non-hydrogen) atoms. The summed E-state index contributed by atoms with van der Waals surface area (Å²) >= 11 is 0. The number of Topliss-reactive ketones (excluding diaryl/α,β-unsaturated/α-hetero) is 1. The van der Waals surface area contributed by atoms with E-state index in [9.17, 15) is 27.6 Å². The van der Waals surface area contributed by atoms with Gasteiger partial charge in [-0.2, -0.15) is 8.42 Å². The number of hydrogen-bond acceptors (Lipinski definition) is 13. The lowest BCUT2D eigenvalue weighted by atomic mass is 9.99. The molecule has 1 N–H and O–H groups in total. The first-order chi connectivity index (χ1) is 34.1. The molecule has 4 aliphatic rings. The number of amides is 3. The van der Waals surface area contributed by atoms with Crippen molar-refractivity contribution < 1.29 is 46.0 Å². The van der Waals surface area contributed by atoms with E-state index < -0.39 is 25.9 Å². The second kappa shape index (κ2) is 20.5. The highest BCUT2D eigenvalue weighted by atomic mass is 33.1. The van der Waals surface area contributed by atoms with E-state index in [2.05, 4.69) is 15.6 Å². The van der Waals surface area contributed by atoms with Gasteiger partial charge in [0, 0.05) is 59.5 Å². The number of anilines is 3. The van der Waals surface area contributed by atoms with Crippen LogP contribution in [0.4, 0.5) is 22.7 Å². The van der Waals surface area contributed by atoms with Gasteiger partial charge in [0.1, 0.15) is 24.2 Å². The van der Waals surface area contributed by atoms with E-state index in [1.807, 2.05) is 95.7 Å². The number of para-hydroxylation sites is 2. The number of methoxy groups -OCH3 is 1. The Labute approximate surface area is 422 Å². The number of carbonyl (C=O) groups excluding carboxylic acids is 4. The molecule has 4 aliphatic heterocycles. The van der Waals surface area contributed by atoms with Crippen LogP contribution in [0, 0.1) is 6.92 Å². The highest BCUT2D eigenvalue weighted by Gasteiger charge is 2.39. The summed E-state index contributed by atoms with van der Waals surface area (Å²) in [5.41, 5.74) is 9.27. The summed E-state index contributed by atoms with van der Waals surface area (Å²) in [5.74, 6) is 0.822. The molecule has 0 aliphatic carbocycles. The number of nitrogens with one attached hydrogen (secondary N) is 1. The van der Waals surface area contributed by atoms with Crippen LogP contribution in [0.2, 0.25) is 0 Å². The van der Waals surface area contributed by atoms with Crippen LogP contribution in [-0.4, -0.2) is 80.2 Å². The zero-order valence-electron chi connectivity index (χ0n) is 40.5. The standard InChI is InChI=1S/C54H56N4O10S3/c1-7-46(59)50(71(63,64)66-6)18-19-69-70-54(3,4)53(62)56-38-22-33(30-67-47-28-43-42(20-32(47)2)52(61)58-40(29-55-43)25-37-13-9-11-15-45(37)58)21-34(23-38)31-68-49-26-35-16-17-39-24-36-12-8-10-14-44(36)57(39)51(60)41(35)27-48(49)65-5/h8-15,20-23,26-29,39-40,50H,7,16-19,24-25,30-31H2,1-6H3,(H,56,62)/t39-,40+,50?/m1/s1. The molecule has 0 aromatic heterocycles. The van der Waals surface area contributed by atoms with Crippen LogP contribution in [0.15, 0.2) is 96.0 Å². The molecule has 0 fully saturated rings. The fourth-order valence-corrected chi connectivity index (χ4v) is 13.5. The van der Waals surface area contributed by atoms with E-state index in [0.29, 0.717) is 58.2 Å². The Morgan fingerprint density at radius 3 is 2.17 bits per heavy atom. The highest BCUT2D eigenvalue weighted by Crippen LogP contribution is 2.43. The maximum atomic E-state index is 14.1. The number of ketones is 1. The zero-order chi connectivity index (χ0) is 50.2. The first-order valence-corrected chi connectivity index (χ1v) is 27.4. The molecule has 0 saturated carbocycles. The minimum absolute atomic E-state index is 0.0439. The fourth-order valence-electron chi connectivity index (χ4n) is 9.70. The topological polar surface area (TPSA) is 170 Å². The molecule has 9 rings (SSSR count). The molecule has 0 saturated heterocycles. The van der Waals surface area contributed by atoms with Crippen LogP contribution in [0.5, 0.6) is 17.2 Å². The van der Waals surface area contributed by atoms with Gasteiger partial charge in [-0.3, -0.25) is 33.3 Å². The average molecular weight is 1020 g/mol. The van der Waals surface area contributed by atoms with E-state index in [0.717, 1.165) is 53.6 Å². The van der Waals surface area contributed by atoms with Crippen molar-refractivity contribution in [1.82, 2.24) is 0 Å². The molecule has 0 bridgehead atoms. The van der Waals surface area contributed by atoms with Gasteiger partial charge in [-0.15, -0.1) is 0 Å². The normalized spacial score (nSPS) is 17.2. The minimum Gasteiger partial charge on any atom is -0.493 e. The molecular formula is C54H56N4O10S3. The molecular weight excluding hydrogens is 961 g/mol. The number of rotatable bonds is 18. The van der Waals surface area contributed by atoms with Crippen molar-refractivity contribution in [3.63, 3.8) is 0 Å². The third kappa shape index (κ3) is 10.2. The molecule has 3 atom stereocenters. The van der Waals surface area contributed by atoms with E-state index in [1.54, 1.807) is 40.0 Å². The smallest absolute Gasteiger partial charge is 0.277 e. The van der Waals surface area contributed by atoms with Crippen molar-refractivity contribution in [3.05, 3.63) is 136 Å². The number of hydrogen-bond donors (Lipinski definition) is 1. The summed E-state index contributed by atoms with van der Waals surface area (Å²) in [7, 11) is 1.11. The second-order valence-corrected chi connectivity index (χ2v) is 23.5. The predicted molar refractivity (Wildman–Crippen MR) is 280 cm³/mol. The van der Waals surface area contributed by atoms with Crippen molar-refractivity contribution in [1.29, 1.82) is 0 Å². The monoisotopic (exact) mass is 1020 g/mol. The Kier molecular flexibility index (Phi) is 14.4. The largest absolute Gasteiger partial charge is 0.493 e. The summed E-state index contributed by atoms with van der Waals surface area (Å²) in [6.45, 7) is 7.22. The lowest BCUT2D eigenvalue weighted by molar-refractivity contribution is -0.119. The summed E-state index contributed by atoms with van der Waals surface area (Å²) in [4.78, 5) is 63.2. The molecule has 370 valence electrons. The number of carbonyl (C=O) groups is 4. The van der Waals surface area contributed by atoms with E-state index in [4.69, 9.17) is 19.2 Å². The van der Waals surface area contributed by atoms with Gasteiger partial charge in [0.05, 0.1) is 36.3 Å². The molecule has 4 heterocycles. The quantitative estimate of drug-likeness (QED) is 0.0502. The summed E-state index contributed by atoms with van der Waals surface area (Å²) < 4.78 is 47.5. The van der Waals surface area contributed by atoms with Crippen molar-refractivity contribution in [2.24, 2.45) is 4.99 Å². The first kappa shape index (κ1) is 49.8. The molecule has 1 unspecified atom stereocenters. The van der Waals surface area contributed by atoms with E-state index >= 15 is 0 Å². The number of ether oxygens (including phenoxy) is 3. The third-order valence-electron chi connectivity index (χ3n) is 13.5. The van der Waals surface area contributed by atoms with E-state index in [-0.39, 0.29) is 61.6 Å². The van der Waals surface area contributed by atoms with Crippen molar-refractivity contribution in [2.45, 2.75) is 102 Å². The maximum Gasteiger partial charge on any atom is 0.277 e. The lowest BCUT2D eigenvalue weighted by Gasteiger charge is -2.23. The number of aliphatic imine (C=N–C) groups is 1. The van der Waals surface area contributed by atoms with Gasteiger partial charge in [0.25, 0.3) is 21.9 Å². The SMILES string of the molecule is CCC(=O)C(CCSSC(C)(C)C(=O)Nc1cc(COc2cc3c(cc2C)C(=O)N2c4ccccc4C[C@H]2C=N3)cc(COc2cc3c(cc2OC)C(=O)N2c4ccccc4C[C@H]2CC3)c1)S(=O)(=O)OC. The Bertz CT molecular complexity index is 3080. The van der Waals surface area contributed by atoms with Crippen LogP contribution in [0.3, 0.4) is 0 Å². The van der Waals surface area contributed by atoms with Crippen LogP contribution >= 0.6 is 21.6 Å². The molecule has 0 spiro atoms. The van der Waals surface area contributed by atoms with Crippen LogP contribution in [-0.2, 0) is 56.4 Å². The van der Waals surface area contributed by atoms with Gasteiger partial charge in [-0.25, -0.2) is 0 Å². The number of benzene rings is 5. The molecule has 5 aromatic carbocycles. The summed E-state index contributed by atoms with van der Waals surface area (Å²) in [6.07, 6.45) is 4.91. The van der Waals surface area contributed by atoms with Gasteiger partial charge in [-0.05, 0) is 128 Å². The van der Waals surface area contributed by atoms with Gasteiger partial charge >= 0.3 is 0 Å². The summed E-state index contributed by atoms with van der Waals surface area (Å²) in [6, 6.07) is 28.7. The molecule has 3 amide bonds. The van der Waals surface area contributed by atoms with E-state index in [1.165, 1.54) is 27.2 Å². The van der Waals surface area contributed by atoms with Crippen LogP contribution in [0.25, 0.3) is 0 Å². The molecule has 0 radical (unpaired) electrons. The molecule has 14 nitrogen and oxygen atoms in total. The van der Waals surface area contributed by atoms with Gasteiger partial charge < -0.3 is 24.4 Å². The first-order valence-electron chi connectivity index (χ1n) is 23.6. The Balaban J connectivity index is 0.949. The van der Waals surface area contributed by atoms with Crippen molar-refractivity contribution in [2.75, 3.05) is 35.1 Å². The maximum absolute atomic E-state index is 14.1. The van der Waals surface area contributed by atoms with Crippen LogP contribution in [0.1, 0.15) is 94.1 Å². The Hall–Kier alpha value is -6.14. The Morgan fingerprint density at radius 1 is 0.817 bits per heavy atom. The van der Waals surface area contributed by atoms with Crippen molar-refractivity contribution in [3.8, 4) is 17.2 Å². The molecule has 5 aromatic rings. The fraction of sp³-hybridized carbons (Fsp3) is 0.352. The van der Waals surface area contributed by atoms with Crippen molar-refractivity contribution >= 4 is 84.2 Å². The number of aryl methyl sites for hydroxylation is 2. The predicted octanol–water partition coefficient (Wildman–Crippen LogP) is 9.78. The Morgan fingerprint density at radius 2 is 1.48 bits per heavy atom. The highest BCUT2D eigenvalue weighted by molar-refractivity contribution is 8.77. The summed E-state index contributed by atoms with van der Waals surface area (Å²) in [5, 5.41) is 1.80. The lowest BCUT2D eigenvalue weighted by Crippen LogP contribution is -2.37. The second-order valence-electron chi connectivity index (χ2n) is 18.6. The minimum atomic E-state index is -4.06. The molecule has 17 heteroatoms. The zero-order valence-corrected chi connectivity index (χ0v) is 42.9.